The molecular formula is C17H16N2O2. The molecule has 0 atom stereocenters. The Labute approximate surface area is 122 Å². The molecule has 0 saturated carbocycles. The smallest absolute Gasteiger partial charge is 0.335 e. The molecule has 106 valence electrons. The molecule has 0 amide bonds. The van der Waals surface area contributed by atoms with Gasteiger partial charge in [-0.3, -0.25) is 0 Å². The molecule has 4 nitrogen and oxygen atoms in total. The number of carboxylic acids is 1. The molecule has 0 unspecified atom stereocenters. The van der Waals surface area contributed by atoms with Crippen molar-refractivity contribution in [1.29, 1.82) is 0 Å². The van der Waals surface area contributed by atoms with E-state index in [1.807, 2.05) is 10.6 Å². The van der Waals surface area contributed by atoms with Crippen LogP contribution in [0.15, 0.2) is 48.8 Å². The number of aryl methyl sites for hydroxylation is 1. The van der Waals surface area contributed by atoms with Gasteiger partial charge in [0.1, 0.15) is 5.65 Å². The predicted octanol–water partition coefficient (Wildman–Crippen LogP) is 3.65. The van der Waals surface area contributed by atoms with E-state index in [-0.39, 0.29) is 5.56 Å². The van der Waals surface area contributed by atoms with Gasteiger partial charge in [0, 0.05) is 18.0 Å². The van der Waals surface area contributed by atoms with Crippen LogP contribution in [0.4, 0.5) is 0 Å². The van der Waals surface area contributed by atoms with E-state index in [1.54, 1.807) is 18.3 Å². The number of aromatic nitrogens is 2. The lowest BCUT2D eigenvalue weighted by Gasteiger charge is -2.00. The van der Waals surface area contributed by atoms with Crippen LogP contribution in [0.3, 0.4) is 0 Å². The van der Waals surface area contributed by atoms with Gasteiger partial charge in [-0.15, -0.1) is 0 Å². The van der Waals surface area contributed by atoms with Gasteiger partial charge in [0.15, 0.2) is 0 Å². The van der Waals surface area contributed by atoms with Crippen LogP contribution in [0.1, 0.15) is 29.3 Å². The van der Waals surface area contributed by atoms with Gasteiger partial charge in [-0.25, -0.2) is 9.78 Å². The first-order valence-corrected chi connectivity index (χ1v) is 6.99. The topological polar surface area (TPSA) is 54.6 Å². The Balaban J connectivity index is 1.98. The normalized spacial score (nSPS) is 10.9. The van der Waals surface area contributed by atoms with Crippen molar-refractivity contribution in [3.05, 3.63) is 59.9 Å². The molecule has 0 fully saturated rings. The summed E-state index contributed by atoms with van der Waals surface area (Å²) in [5, 5.41) is 9.01. The van der Waals surface area contributed by atoms with Gasteiger partial charge in [0.2, 0.25) is 0 Å². The summed E-state index contributed by atoms with van der Waals surface area (Å²) < 4.78 is 1.84. The van der Waals surface area contributed by atoms with E-state index in [0.717, 1.165) is 24.1 Å². The van der Waals surface area contributed by atoms with Crippen molar-refractivity contribution >= 4 is 11.6 Å². The highest BCUT2D eigenvalue weighted by Crippen LogP contribution is 2.20. The van der Waals surface area contributed by atoms with Crippen LogP contribution in [0.5, 0.6) is 0 Å². The number of carboxylic acid groups (broad SMARTS) is 1. The number of pyridine rings is 1. The Bertz CT molecular complexity index is 788. The second kappa shape index (κ2) is 5.40. The lowest BCUT2D eigenvalue weighted by atomic mass is 10.1. The Hall–Kier alpha value is -2.62. The molecule has 0 aliphatic heterocycles. The fourth-order valence-corrected chi connectivity index (χ4v) is 2.38. The molecule has 0 bridgehead atoms. The van der Waals surface area contributed by atoms with Crippen LogP contribution in [0.25, 0.3) is 16.9 Å². The molecule has 1 N–H and O–H groups in total. The fraction of sp³-hybridized carbons (Fsp3) is 0.176. The highest BCUT2D eigenvalue weighted by molar-refractivity contribution is 5.88. The van der Waals surface area contributed by atoms with E-state index in [0.29, 0.717) is 5.65 Å². The first-order chi connectivity index (χ1) is 10.2. The number of aromatic carboxylic acids is 1. The Morgan fingerprint density at radius 3 is 2.67 bits per heavy atom. The lowest BCUT2D eigenvalue weighted by molar-refractivity contribution is 0.0697. The monoisotopic (exact) mass is 280 g/mol. The van der Waals surface area contributed by atoms with Crippen molar-refractivity contribution in [1.82, 2.24) is 9.38 Å². The molecule has 0 aliphatic carbocycles. The van der Waals surface area contributed by atoms with Gasteiger partial charge in [-0.2, -0.15) is 0 Å². The lowest BCUT2D eigenvalue weighted by Crippen LogP contribution is -1.96. The molecule has 2 aromatic heterocycles. The summed E-state index contributed by atoms with van der Waals surface area (Å²) in [6.45, 7) is 2.16. The summed E-state index contributed by atoms with van der Waals surface area (Å²) in [6.07, 6.45) is 5.84. The zero-order chi connectivity index (χ0) is 14.8. The molecule has 1 aromatic carbocycles. The van der Waals surface area contributed by atoms with Crippen LogP contribution < -0.4 is 0 Å². The Kier molecular flexibility index (Phi) is 3.44. The minimum atomic E-state index is -0.939. The standard InChI is InChI=1S/C17H16N2O2/c1-2-3-12-4-6-13(7-5-12)15-11-19-9-8-14(17(20)21)10-16(19)18-15/h4-11H,2-3H2,1H3,(H,20,21). The first-order valence-electron chi connectivity index (χ1n) is 6.99. The van der Waals surface area contributed by atoms with Crippen molar-refractivity contribution in [3.63, 3.8) is 0 Å². The van der Waals surface area contributed by atoms with Crippen LogP contribution in [-0.4, -0.2) is 20.5 Å². The quantitative estimate of drug-likeness (QED) is 0.793. The van der Waals surface area contributed by atoms with E-state index < -0.39 is 5.97 Å². The highest BCUT2D eigenvalue weighted by Gasteiger charge is 2.08. The summed E-state index contributed by atoms with van der Waals surface area (Å²) >= 11 is 0. The number of hydrogen-bond acceptors (Lipinski definition) is 2. The maximum Gasteiger partial charge on any atom is 0.335 e. The summed E-state index contributed by atoms with van der Waals surface area (Å²) in [7, 11) is 0. The van der Waals surface area contributed by atoms with E-state index in [9.17, 15) is 4.79 Å². The number of hydrogen-bond donors (Lipinski definition) is 1. The van der Waals surface area contributed by atoms with Crippen molar-refractivity contribution < 1.29 is 9.90 Å². The Morgan fingerprint density at radius 1 is 1.24 bits per heavy atom. The third kappa shape index (κ3) is 2.65. The summed E-state index contributed by atoms with van der Waals surface area (Å²) in [5.74, 6) is -0.939. The summed E-state index contributed by atoms with van der Waals surface area (Å²) in [4.78, 5) is 15.5. The third-order valence-electron chi connectivity index (χ3n) is 3.50. The average molecular weight is 280 g/mol. The van der Waals surface area contributed by atoms with E-state index in [4.69, 9.17) is 5.11 Å². The van der Waals surface area contributed by atoms with E-state index >= 15 is 0 Å². The van der Waals surface area contributed by atoms with E-state index in [1.165, 1.54) is 5.56 Å². The van der Waals surface area contributed by atoms with Gasteiger partial charge in [0.25, 0.3) is 0 Å². The molecule has 21 heavy (non-hydrogen) atoms. The fourth-order valence-electron chi connectivity index (χ4n) is 2.38. The number of benzene rings is 1. The predicted molar refractivity (Wildman–Crippen MR) is 81.6 cm³/mol. The van der Waals surface area contributed by atoms with Crippen LogP contribution in [-0.2, 0) is 6.42 Å². The number of fused-ring (bicyclic) bond motifs is 1. The van der Waals surface area contributed by atoms with Crippen molar-refractivity contribution in [3.8, 4) is 11.3 Å². The van der Waals surface area contributed by atoms with Gasteiger partial charge in [-0.1, -0.05) is 37.6 Å². The molecule has 0 saturated heterocycles. The maximum atomic E-state index is 11.0. The number of nitrogens with zero attached hydrogens (tertiary/aromatic N) is 2. The van der Waals surface area contributed by atoms with Gasteiger partial charge in [-0.05, 0) is 24.1 Å². The molecule has 3 rings (SSSR count). The second-order valence-corrected chi connectivity index (χ2v) is 5.06. The number of rotatable bonds is 4. The van der Waals surface area contributed by atoms with Crippen molar-refractivity contribution in [2.45, 2.75) is 19.8 Å². The van der Waals surface area contributed by atoms with Gasteiger partial charge in [0.05, 0.1) is 11.3 Å². The second-order valence-electron chi connectivity index (χ2n) is 5.06. The van der Waals surface area contributed by atoms with Crippen LogP contribution in [0, 0.1) is 0 Å². The molecule has 0 aliphatic rings. The first kappa shape index (κ1) is 13.4. The SMILES string of the molecule is CCCc1ccc(-c2cn3ccc(C(=O)O)cc3n2)cc1. The minimum Gasteiger partial charge on any atom is -0.478 e. The zero-order valence-corrected chi connectivity index (χ0v) is 11.8. The van der Waals surface area contributed by atoms with Crippen LogP contribution in [0.2, 0.25) is 0 Å². The number of imidazole rings is 1. The van der Waals surface area contributed by atoms with Crippen LogP contribution >= 0.6 is 0 Å². The molecular weight excluding hydrogens is 264 g/mol. The third-order valence-corrected chi connectivity index (χ3v) is 3.50. The van der Waals surface area contributed by atoms with Gasteiger partial charge < -0.3 is 9.51 Å². The highest BCUT2D eigenvalue weighted by atomic mass is 16.4. The molecule has 0 spiro atoms. The summed E-state index contributed by atoms with van der Waals surface area (Å²) in [6, 6.07) is 11.5. The average Bonchev–Trinajstić information content (AvgIpc) is 2.91. The van der Waals surface area contributed by atoms with Gasteiger partial charge >= 0.3 is 5.97 Å². The molecule has 0 radical (unpaired) electrons. The minimum absolute atomic E-state index is 0.248. The van der Waals surface area contributed by atoms with Crippen molar-refractivity contribution in [2.75, 3.05) is 0 Å². The number of carbonyl (C=O) groups is 1. The Morgan fingerprint density at radius 2 is 2.00 bits per heavy atom. The molecule has 4 heteroatoms. The summed E-state index contributed by atoms with van der Waals surface area (Å²) in [5.41, 5.74) is 4.09. The molecule has 2 heterocycles. The maximum absolute atomic E-state index is 11.0. The zero-order valence-electron chi connectivity index (χ0n) is 11.8. The van der Waals surface area contributed by atoms with Crippen molar-refractivity contribution in [2.24, 2.45) is 0 Å². The van der Waals surface area contributed by atoms with E-state index in [2.05, 4.69) is 36.2 Å². The largest absolute Gasteiger partial charge is 0.478 e. The molecule has 3 aromatic rings.